The molecule has 1 N–H and O–H groups in total. The molecule has 1 aliphatic rings. The van der Waals surface area contributed by atoms with Gasteiger partial charge in [0.05, 0.1) is 41.1 Å². The molecule has 0 aliphatic carbocycles. The van der Waals surface area contributed by atoms with E-state index < -0.39 is 0 Å². The van der Waals surface area contributed by atoms with Gasteiger partial charge in [-0.1, -0.05) is 71.7 Å². The molecule has 194 valence electrons. The minimum absolute atomic E-state index is 0.0399. The fourth-order valence-electron chi connectivity index (χ4n) is 4.31. The summed E-state index contributed by atoms with van der Waals surface area (Å²) in [5, 5.41) is 16.0. The molecule has 0 aromatic heterocycles. The van der Waals surface area contributed by atoms with Gasteiger partial charge in [0, 0.05) is 25.7 Å². The summed E-state index contributed by atoms with van der Waals surface area (Å²) in [6.45, 7) is 2.50. The van der Waals surface area contributed by atoms with Crippen molar-refractivity contribution in [2.24, 2.45) is 0 Å². The first-order chi connectivity index (χ1) is 17.9. The van der Waals surface area contributed by atoms with E-state index in [1.807, 2.05) is 41.3 Å². The number of para-hydroxylation sites is 2. The summed E-state index contributed by atoms with van der Waals surface area (Å²) in [7, 11) is 0. The van der Waals surface area contributed by atoms with Crippen LogP contribution in [0, 0.1) is 10.1 Å². The molecular formula is C27H28Cl2N4O4. The third-order valence-corrected chi connectivity index (χ3v) is 6.96. The molecule has 8 nitrogen and oxygen atoms in total. The molecule has 0 radical (unpaired) electrons. The predicted octanol–water partition coefficient (Wildman–Crippen LogP) is 5.27. The molecule has 1 fully saturated rings. The van der Waals surface area contributed by atoms with Crippen LogP contribution in [0.3, 0.4) is 0 Å². The number of nitro groups is 1. The minimum atomic E-state index is -0.371. The number of carbonyl (C=O) groups excluding carboxylic acids is 1. The Bertz CT molecular complexity index is 1230. The van der Waals surface area contributed by atoms with Gasteiger partial charge in [-0.25, -0.2) is 0 Å². The molecule has 1 heterocycles. The van der Waals surface area contributed by atoms with E-state index in [0.717, 1.165) is 11.1 Å². The fraction of sp³-hybridized carbons (Fsp3) is 0.296. The molecule has 1 amide bonds. The van der Waals surface area contributed by atoms with Gasteiger partial charge in [0.25, 0.3) is 5.69 Å². The summed E-state index contributed by atoms with van der Waals surface area (Å²) in [6, 6.07) is 21.9. The number of benzene rings is 3. The number of nitro benzene ring substituents is 1. The van der Waals surface area contributed by atoms with Crippen molar-refractivity contribution in [2.45, 2.75) is 25.7 Å². The lowest BCUT2D eigenvalue weighted by Crippen LogP contribution is -2.60. The third kappa shape index (κ3) is 7.20. The van der Waals surface area contributed by atoms with Crippen LogP contribution >= 0.6 is 23.2 Å². The van der Waals surface area contributed by atoms with Gasteiger partial charge in [0.2, 0.25) is 5.91 Å². The van der Waals surface area contributed by atoms with Crippen molar-refractivity contribution in [3.63, 3.8) is 0 Å². The number of halogens is 2. The third-order valence-electron chi connectivity index (χ3n) is 6.22. The van der Waals surface area contributed by atoms with E-state index in [4.69, 9.17) is 27.9 Å². The number of amides is 1. The Hall–Kier alpha value is -3.17. The zero-order chi connectivity index (χ0) is 26.2. The Morgan fingerprint density at radius 2 is 1.76 bits per heavy atom. The van der Waals surface area contributed by atoms with E-state index in [-0.39, 0.29) is 35.7 Å². The Balaban J connectivity index is 1.40. The number of carbonyl (C=O) groups is 1. The normalized spacial score (nSPS) is 15.6. The number of anilines is 1. The smallest absolute Gasteiger partial charge is 0.292 e. The van der Waals surface area contributed by atoms with E-state index in [2.05, 4.69) is 5.32 Å². The van der Waals surface area contributed by atoms with Crippen LogP contribution in [0.2, 0.25) is 10.0 Å². The second-order valence-corrected chi connectivity index (χ2v) is 9.53. The van der Waals surface area contributed by atoms with Gasteiger partial charge in [0.1, 0.15) is 11.9 Å². The number of ether oxygens (including phenoxy) is 1. The average Bonchev–Trinajstić information content (AvgIpc) is 2.92. The highest BCUT2D eigenvalue weighted by molar-refractivity contribution is 6.42. The van der Waals surface area contributed by atoms with Crippen LogP contribution in [-0.4, -0.2) is 48.1 Å². The van der Waals surface area contributed by atoms with Crippen LogP contribution in [0.1, 0.15) is 17.5 Å². The molecule has 3 aromatic carbocycles. The van der Waals surface area contributed by atoms with Gasteiger partial charge in [-0.2, -0.15) is 0 Å². The van der Waals surface area contributed by atoms with Gasteiger partial charge in [-0.05, 0) is 29.3 Å². The highest BCUT2D eigenvalue weighted by Crippen LogP contribution is 2.29. The van der Waals surface area contributed by atoms with E-state index in [9.17, 15) is 14.9 Å². The number of piperazine rings is 1. The molecule has 3 aromatic rings. The largest absolute Gasteiger partial charge is 0.376 e. The van der Waals surface area contributed by atoms with Gasteiger partial charge in [0.15, 0.2) is 0 Å². The molecule has 37 heavy (non-hydrogen) atoms. The van der Waals surface area contributed by atoms with Crippen molar-refractivity contribution in [1.82, 2.24) is 10.2 Å². The number of hydrogen-bond donors (Lipinski definition) is 1. The molecule has 4 rings (SSSR count). The molecule has 1 saturated heterocycles. The first kappa shape index (κ1) is 26.9. The molecule has 0 saturated carbocycles. The number of hydrogen-bond acceptors (Lipinski definition) is 6. The molecule has 1 atom stereocenters. The van der Waals surface area contributed by atoms with Crippen molar-refractivity contribution in [3.8, 4) is 0 Å². The van der Waals surface area contributed by atoms with Gasteiger partial charge in [-0.15, -0.1) is 0 Å². The monoisotopic (exact) mass is 542 g/mol. The quantitative estimate of drug-likeness (QED) is 0.213. The summed E-state index contributed by atoms with van der Waals surface area (Å²) in [4.78, 5) is 28.2. The standard InChI is InChI=1S/C27H28Cl2N4O4/c28-22-11-10-21(16-23(22)29)19-37-15-12-27(34)32-14-13-31(24-8-4-5-9-25(24)33(35)36)18-26(32)30-17-20-6-2-1-3-7-20/h1-11,16,26,30H,12-15,17-19H2. The lowest BCUT2D eigenvalue weighted by molar-refractivity contribution is -0.384. The summed E-state index contributed by atoms with van der Waals surface area (Å²) < 4.78 is 5.72. The molecule has 0 bridgehead atoms. The first-order valence-electron chi connectivity index (χ1n) is 12.0. The van der Waals surface area contributed by atoms with Crippen LogP contribution in [-0.2, 0) is 22.7 Å². The zero-order valence-electron chi connectivity index (χ0n) is 20.2. The van der Waals surface area contributed by atoms with Gasteiger partial charge >= 0.3 is 0 Å². The van der Waals surface area contributed by atoms with E-state index in [1.165, 1.54) is 6.07 Å². The van der Waals surface area contributed by atoms with Crippen molar-refractivity contribution in [2.75, 3.05) is 31.1 Å². The highest BCUT2D eigenvalue weighted by atomic mass is 35.5. The van der Waals surface area contributed by atoms with Gasteiger partial charge in [-0.3, -0.25) is 20.2 Å². The van der Waals surface area contributed by atoms with Crippen LogP contribution in [0.15, 0.2) is 72.8 Å². The fourth-order valence-corrected chi connectivity index (χ4v) is 4.64. The van der Waals surface area contributed by atoms with Crippen LogP contribution in [0.5, 0.6) is 0 Å². The minimum Gasteiger partial charge on any atom is -0.376 e. The van der Waals surface area contributed by atoms with E-state index in [0.29, 0.717) is 48.5 Å². The lowest BCUT2D eigenvalue weighted by atomic mass is 10.1. The molecule has 1 aliphatic heterocycles. The second kappa shape index (κ2) is 12.9. The Labute approximate surface area is 225 Å². The molecular weight excluding hydrogens is 515 g/mol. The van der Waals surface area contributed by atoms with Crippen LogP contribution in [0.4, 0.5) is 11.4 Å². The summed E-state index contributed by atoms with van der Waals surface area (Å²) in [5.74, 6) is -0.0399. The Morgan fingerprint density at radius 3 is 2.51 bits per heavy atom. The average molecular weight is 543 g/mol. The van der Waals surface area contributed by atoms with Crippen molar-refractivity contribution in [3.05, 3.63) is 104 Å². The van der Waals surface area contributed by atoms with Crippen molar-refractivity contribution < 1.29 is 14.5 Å². The molecule has 1 unspecified atom stereocenters. The topological polar surface area (TPSA) is 88.0 Å². The number of nitrogens with zero attached hydrogens (tertiary/aromatic N) is 3. The van der Waals surface area contributed by atoms with E-state index >= 15 is 0 Å². The highest BCUT2D eigenvalue weighted by Gasteiger charge is 2.32. The maximum atomic E-state index is 13.2. The zero-order valence-corrected chi connectivity index (χ0v) is 21.7. The van der Waals surface area contributed by atoms with Crippen molar-refractivity contribution >= 4 is 40.5 Å². The van der Waals surface area contributed by atoms with Crippen LogP contribution in [0.25, 0.3) is 0 Å². The maximum Gasteiger partial charge on any atom is 0.292 e. The molecule has 0 spiro atoms. The van der Waals surface area contributed by atoms with Crippen molar-refractivity contribution in [1.29, 1.82) is 0 Å². The summed E-state index contributed by atoms with van der Waals surface area (Å²) >= 11 is 12.0. The summed E-state index contributed by atoms with van der Waals surface area (Å²) in [5.41, 5.74) is 2.57. The molecule has 10 heteroatoms. The Kier molecular flexibility index (Phi) is 9.35. The predicted molar refractivity (Wildman–Crippen MR) is 145 cm³/mol. The SMILES string of the molecule is O=C(CCOCc1ccc(Cl)c(Cl)c1)N1CCN(c2ccccc2[N+](=O)[O-])CC1NCc1ccccc1. The second-order valence-electron chi connectivity index (χ2n) is 8.71. The van der Waals surface area contributed by atoms with E-state index in [1.54, 1.807) is 35.2 Å². The number of rotatable bonds is 10. The van der Waals surface area contributed by atoms with Gasteiger partial charge < -0.3 is 14.5 Å². The lowest BCUT2D eigenvalue weighted by Gasteiger charge is -2.42. The first-order valence-corrected chi connectivity index (χ1v) is 12.7. The van der Waals surface area contributed by atoms with Crippen LogP contribution < -0.4 is 10.2 Å². The maximum absolute atomic E-state index is 13.2. The number of nitrogens with one attached hydrogen (secondary N) is 1. The summed E-state index contributed by atoms with van der Waals surface area (Å²) in [6.07, 6.45) is -0.104. The Morgan fingerprint density at radius 1 is 1.00 bits per heavy atom.